The fourth-order valence-corrected chi connectivity index (χ4v) is 7.39. The molecule has 2 aliphatic carbocycles. The molecule has 1 amide bonds. The van der Waals surface area contributed by atoms with Gasteiger partial charge in [0.1, 0.15) is 23.1 Å². The lowest BCUT2D eigenvalue weighted by Crippen LogP contribution is -2.53. The van der Waals surface area contributed by atoms with Crippen LogP contribution in [0, 0.1) is 23.2 Å². The maximum Gasteiger partial charge on any atom is 0.223 e. The fourth-order valence-electron chi connectivity index (χ4n) is 6.11. The zero-order valence-electron chi connectivity index (χ0n) is 21.4. The molecule has 0 spiro atoms. The lowest BCUT2D eigenvalue weighted by Gasteiger charge is -2.53. The summed E-state index contributed by atoms with van der Waals surface area (Å²) in [4.78, 5) is 19.0. The van der Waals surface area contributed by atoms with Gasteiger partial charge in [-0.3, -0.25) is 4.79 Å². The van der Waals surface area contributed by atoms with E-state index in [4.69, 9.17) is 19.2 Å². The van der Waals surface area contributed by atoms with Crippen LogP contribution in [-0.2, 0) is 22.6 Å². The highest BCUT2D eigenvalue weighted by molar-refractivity contribution is 7.11. The van der Waals surface area contributed by atoms with Crippen molar-refractivity contribution in [2.75, 3.05) is 27.4 Å². The number of aliphatic hydroxyl groups is 1. The van der Waals surface area contributed by atoms with Crippen LogP contribution in [0.3, 0.4) is 0 Å². The summed E-state index contributed by atoms with van der Waals surface area (Å²) >= 11 is 1.73. The van der Waals surface area contributed by atoms with E-state index in [1.807, 2.05) is 31.2 Å². The van der Waals surface area contributed by atoms with E-state index in [9.17, 15) is 9.90 Å². The Morgan fingerprint density at radius 1 is 1.29 bits per heavy atom. The van der Waals surface area contributed by atoms with Gasteiger partial charge in [-0.25, -0.2) is 4.98 Å². The number of thiazole rings is 1. The maximum atomic E-state index is 12.7. The van der Waals surface area contributed by atoms with Gasteiger partial charge in [-0.1, -0.05) is 20.8 Å². The van der Waals surface area contributed by atoms with Crippen LogP contribution >= 0.6 is 11.3 Å². The number of methoxy groups -OCH3 is 2. The summed E-state index contributed by atoms with van der Waals surface area (Å²) in [5, 5.41) is 15.4. The van der Waals surface area contributed by atoms with Crippen molar-refractivity contribution in [3.63, 3.8) is 0 Å². The summed E-state index contributed by atoms with van der Waals surface area (Å²) < 4.78 is 16.2. The number of nitrogens with one attached hydrogen (secondary N) is 1. The zero-order chi connectivity index (χ0) is 25.2. The number of hydrogen-bond donors (Lipinski definition) is 2. The number of nitrogens with zero attached hydrogens (tertiary/aromatic N) is 1. The van der Waals surface area contributed by atoms with Gasteiger partial charge in [-0.05, 0) is 60.8 Å². The van der Waals surface area contributed by atoms with Crippen LogP contribution in [0.5, 0.6) is 11.5 Å². The number of hydrogen-bond acceptors (Lipinski definition) is 7. The Labute approximate surface area is 212 Å². The Bertz CT molecular complexity index is 1010. The minimum atomic E-state index is -0.541. The molecule has 0 saturated heterocycles. The SMILES string of the molecule is COCCNC(=O)[C@@H](C)[C@@H]1CC[C@]2(C)Cc3sc(COc4ccc(OC)cc4)nc3[C@H](C)[C@@H]2[C@H]1O. The zero-order valence-corrected chi connectivity index (χ0v) is 22.2. The van der Waals surface area contributed by atoms with Crippen LogP contribution < -0.4 is 14.8 Å². The number of carbonyl (C=O) groups excluding carboxylic acids is 1. The summed E-state index contributed by atoms with van der Waals surface area (Å²) in [5.74, 6) is 1.45. The number of benzene rings is 1. The third-order valence-corrected chi connectivity index (χ3v) is 9.09. The van der Waals surface area contributed by atoms with Crippen molar-refractivity contribution >= 4 is 17.2 Å². The molecule has 0 unspecified atom stereocenters. The number of aliphatic hydroxyl groups excluding tert-OH is 1. The summed E-state index contributed by atoms with van der Waals surface area (Å²) in [6.07, 6.45) is 2.21. The molecule has 4 rings (SSSR count). The molecule has 0 aliphatic heterocycles. The summed E-state index contributed by atoms with van der Waals surface area (Å²) in [7, 11) is 3.27. The predicted octanol–water partition coefficient (Wildman–Crippen LogP) is 4.18. The van der Waals surface area contributed by atoms with E-state index in [1.165, 1.54) is 4.88 Å². The first-order chi connectivity index (χ1) is 16.8. The predicted molar refractivity (Wildman–Crippen MR) is 136 cm³/mol. The first-order valence-corrected chi connectivity index (χ1v) is 13.3. The third-order valence-electron chi connectivity index (χ3n) is 8.05. The molecular formula is C27H38N2O5S. The average molecular weight is 503 g/mol. The van der Waals surface area contributed by atoms with Gasteiger partial charge in [-0.15, -0.1) is 11.3 Å². The number of aromatic nitrogens is 1. The minimum absolute atomic E-state index is 0.00474. The highest BCUT2D eigenvalue weighted by Gasteiger charge is 2.53. The van der Waals surface area contributed by atoms with Crippen LogP contribution in [0.4, 0.5) is 0 Å². The molecule has 1 fully saturated rings. The Kier molecular flexibility index (Phi) is 8.03. The molecule has 2 aliphatic rings. The van der Waals surface area contributed by atoms with Crippen molar-refractivity contribution in [1.82, 2.24) is 10.3 Å². The van der Waals surface area contributed by atoms with E-state index in [0.29, 0.717) is 19.8 Å². The number of fused-ring (bicyclic) bond motifs is 2. The largest absolute Gasteiger partial charge is 0.497 e. The second-order valence-electron chi connectivity index (χ2n) is 10.3. The first-order valence-electron chi connectivity index (χ1n) is 12.5. The van der Waals surface area contributed by atoms with Crippen molar-refractivity contribution in [2.24, 2.45) is 23.2 Å². The van der Waals surface area contributed by atoms with Gasteiger partial charge in [0.2, 0.25) is 5.91 Å². The molecular weight excluding hydrogens is 464 g/mol. The molecule has 2 N–H and O–H groups in total. The smallest absolute Gasteiger partial charge is 0.223 e. The van der Waals surface area contributed by atoms with Gasteiger partial charge >= 0.3 is 0 Å². The van der Waals surface area contributed by atoms with E-state index < -0.39 is 6.10 Å². The van der Waals surface area contributed by atoms with Gasteiger partial charge in [-0.2, -0.15) is 0 Å². The second kappa shape index (κ2) is 10.8. The molecule has 35 heavy (non-hydrogen) atoms. The quantitative estimate of drug-likeness (QED) is 0.500. The fraction of sp³-hybridized carbons (Fsp3) is 0.630. The van der Waals surface area contributed by atoms with Crippen molar-refractivity contribution in [2.45, 2.75) is 58.7 Å². The number of carbonyl (C=O) groups is 1. The molecule has 1 saturated carbocycles. The lowest BCUT2D eigenvalue weighted by atomic mass is 9.53. The topological polar surface area (TPSA) is 89.9 Å². The summed E-state index contributed by atoms with van der Waals surface area (Å²) in [5.41, 5.74) is 1.08. The summed E-state index contributed by atoms with van der Waals surface area (Å²) in [6.45, 7) is 7.82. The van der Waals surface area contributed by atoms with E-state index in [0.717, 1.165) is 41.5 Å². The highest BCUT2D eigenvalue weighted by atomic mass is 32.1. The Morgan fingerprint density at radius 3 is 2.69 bits per heavy atom. The van der Waals surface area contributed by atoms with Gasteiger partial charge in [0, 0.05) is 30.4 Å². The second-order valence-corrected chi connectivity index (χ2v) is 11.5. The monoisotopic (exact) mass is 502 g/mol. The van der Waals surface area contributed by atoms with Crippen LogP contribution in [0.15, 0.2) is 24.3 Å². The standard InChI is InChI=1S/C27H38N2O5S/c1-16(26(31)28-12-13-32-4)20-10-11-27(3)14-21-24(17(2)23(27)25(20)30)29-22(35-21)15-34-19-8-6-18(33-5)7-9-19/h6-9,16-17,20,23,25,30H,10-15H2,1-5H3,(H,28,31)/t16-,17+,20-,23+,25-,27+/m0/s1. The minimum Gasteiger partial charge on any atom is -0.497 e. The normalized spacial score (nSPS) is 28.5. The van der Waals surface area contributed by atoms with E-state index in [2.05, 4.69) is 19.2 Å². The molecule has 192 valence electrons. The number of ether oxygens (including phenoxy) is 3. The highest BCUT2D eigenvalue weighted by Crippen LogP contribution is 2.57. The molecule has 6 atom stereocenters. The molecule has 1 heterocycles. The summed E-state index contributed by atoms with van der Waals surface area (Å²) in [6, 6.07) is 7.56. The molecule has 8 heteroatoms. The first kappa shape index (κ1) is 25.9. The molecule has 7 nitrogen and oxygen atoms in total. The average Bonchev–Trinajstić information content (AvgIpc) is 3.25. The number of rotatable bonds is 9. The molecule has 0 radical (unpaired) electrons. The van der Waals surface area contributed by atoms with E-state index in [-0.39, 0.29) is 35.0 Å². The van der Waals surface area contributed by atoms with E-state index >= 15 is 0 Å². The maximum absolute atomic E-state index is 12.7. The van der Waals surface area contributed by atoms with Crippen LogP contribution in [0.1, 0.15) is 55.1 Å². The van der Waals surface area contributed by atoms with Crippen molar-refractivity contribution in [3.05, 3.63) is 39.8 Å². The van der Waals surface area contributed by atoms with Gasteiger partial charge < -0.3 is 24.6 Å². The lowest BCUT2D eigenvalue weighted by molar-refractivity contribution is -0.135. The molecule has 1 aromatic heterocycles. The molecule has 2 aromatic rings. The van der Waals surface area contributed by atoms with Crippen LogP contribution in [0.25, 0.3) is 0 Å². The molecule has 0 bridgehead atoms. The van der Waals surface area contributed by atoms with Crippen molar-refractivity contribution in [3.8, 4) is 11.5 Å². The van der Waals surface area contributed by atoms with Gasteiger partial charge in [0.15, 0.2) is 0 Å². The van der Waals surface area contributed by atoms with Crippen LogP contribution in [-0.4, -0.2) is 49.5 Å². The van der Waals surface area contributed by atoms with E-state index in [1.54, 1.807) is 25.6 Å². The Hall–Kier alpha value is -2.16. The Morgan fingerprint density at radius 2 is 2.00 bits per heavy atom. The third kappa shape index (κ3) is 5.34. The van der Waals surface area contributed by atoms with Crippen molar-refractivity contribution in [1.29, 1.82) is 0 Å². The number of amides is 1. The Balaban J connectivity index is 1.46. The van der Waals surface area contributed by atoms with Gasteiger partial charge in [0.05, 0.1) is 25.5 Å². The van der Waals surface area contributed by atoms with Crippen molar-refractivity contribution < 1.29 is 24.1 Å². The molecule has 1 aromatic carbocycles. The van der Waals surface area contributed by atoms with Crippen LogP contribution in [0.2, 0.25) is 0 Å². The van der Waals surface area contributed by atoms with Gasteiger partial charge in [0.25, 0.3) is 0 Å².